The Bertz CT molecular complexity index is 278. The van der Waals surface area contributed by atoms with Gasteiger partial charge in [-0.25, -0.2) is 0 Å². The molecule has 0 saturated heterocycles. The number of aromatic nitrogens is 1. The zero-order chi connectivity index (χ0) is 9.26. The van der Waals surface area contributed by atoms with Crippen molar-refractivity contribution in [2.45, 2.75) is 44.6 Å². The van der Waals surface area contributed by atoms with E-state index in [1.54, 1.807) is 0 Å². The van der Waals surface area contributed by atoms with Crippen LogP contribution < -0.4 is 5.73 Å². The van der Waals surface area contributed by atoms with Crippen LogP contribution in [0.1, 0.15) is 56.0 Å². The first kappa shape index (κ1) is 8.75. The molecule has 3 heteroatoms. The van der Waals surface area contributed by atoms with E-state index in [2.05, 4.69) is 12.1 Å². The molecule has 1 atom stereocenters. The van der Waals surface area contributed by atoms with Crippen LogP contribution in [0.15, 0.2) is 10.6 Å². The molecule has 1 heterocycles. The van der Waals surface area contributed by atoms with Gasteiger partial charge in [-0.1, -0.05) is 18.5 Å². The lowest BCUT2D eigenvalue weighted by Crippen LogP contribution is -2.08. The molecule has 1 aromatic rings. The second kappa shape index (κ2) is 3.50. The normalized spacial score (nSPS) is 18.9. The quantitative estimate of drug-likeness (QED) is 0.773. The van der Waals surface area contributed by atoms with Gasteiger partial charge in [-0.15, -0.1) is 0 Å². The zero-order valence-electron chi connectivity index (χ0n) is 7.99. The van der Waals surface area contributed by atoms with Crippen molar-refractivity contribution < 1.29 is 4.52 Å². The summed E-state index contributed by atoms with van der Waals surface area (Å²) in [7, 11) is 0. The van der Waals surface area contributed by atoms with Crippen LogP contribution in [0.5, 0.6) is 0 Å². The van der Waals surface area contributed by atoms with E-state index in [0.29, 0.717) is 5.92 Å². The van der Waals surface area contributed by atoms with Crippen LogP contribution in [0, 0.1) is 0 Å². The highest BCUT2D eigenvalue weighted by Gasteiger charge is 2.27. The van der Waals surface area contributed by atoms with Gasteiger partial charge in [-0.2, -0.15) is 0 Å². The largest absolute Gasteiger partial charge is 0.359 e. The minimum Gasteiger partial charge on any atom is -0.359 e. The molecule has 1 saturated carbocycles. The lowest BCUT2D eigenvalue weighted by Gasteiger charge is -2.03. The lowest BCUT2D eigenvalue weighted by molar-refractivity contribution is 0.350. The van der Waals surface area contributed by atoms with E-state index in [0.717, 1.165) is 24.3 Å². The average Bonchev–Trinajstić information content (AvgIpc) is 2.84. The summed E-state index contributed by atoms with van der Waals surface area (Å²) in [5.74, 6) is 1.51. The molecule has 3 nitrogen and oxygen atoms in total. The Labute approximate surface area is 78.3 Å². The van der Waals surface area contributed by atoms with Gasteiger partial charge in [-0.3, -0.25) is 0 Å². The van der Waals surface area contributed by atoms with Crippen molar-refractivity contribution in [3.8, 4) is 0 Å². The van der Waals surface area contributed by atoms with Crippen molar-refractivity contribution in [1.29, 1.82) is 0 Å². The molecule has 2 rings (SSSR count). The lowest BCUT2D eigenvalue weighted by atomic mass is 10.1. The highest BCUT2D eigenvalue weighted by molar-refractivity contribution is 5.17. The van der Waals surface area contributed by atoms with Gasteiger partial charge in [0.2, 0.25) is 0 Å². The first-order valence-electron chi connectivity index (χ1n) is 5.03. The fraction of sp³-hybridized carbons (Fsp3) is 0.700. The molecule has 0 aliphatic heterocycles. The van der Waals surface area contributed by atoms with Crippen molar-refractivity contribution in [2.75, 3.05) is 0 Å². The van der Waals surface area contributed by atoms with E-state index in [1.165, 1.54) is 12.8 Å². The van der Waals surface area contributed by atoms with Gasteiger partial charge in [0, 0.05) is 12.0 Å². The van der Waals surface area contributed by atoms with E-state index in [-0.39, 0.29) is 6.04 Å². The van der Waals surface area contributed by atoms with E-state index < -0.39 is 0 Å². The number of nitrogens with two attached hydrogens (primary N) is 1. The summed E-state index contributed by atoms with van der Waals surface area (Å²) in [6, 6.07) is 2.06. The monoisotopic (exact) mass is 180 g/mol. The van der Waals surface area contributed by atoms with E-state index >= 15 is 0 Å². The van der Waals surface area contributed by atoms with E-state index in [4.69, 9.17) is 10.3 Å². The molecule has 0 spiro atoms. The van der Waals surface area contributed by atoms with Crippen molar-refractivity contribution in [2.24, 2.45) is 5.73 Å². The summed E-state index contributed by atoms with van der Waals surface area (Å²) < 4.78 is 5.21. The van der Waals surface area contributed by atoms with Crippen LogP contribution in [0.2, 0.25) is 0 Å². The third kappa shape index (κ3) is 1.91. The molecule has 13 heavy (non-hydrogen) atoms. The summed E-state index contributed by atoms with van der Waals surface area (Å²) in [4.78, 5) is 0. The first-order valence-corrected chi connectivity index (χ1v) is 5.03. The third-order valence-electron chi connectivity index (χ3n) is 2.51. The molecule has 1 aliphatic carbocycles. The van der Waals surface area contributed by atoms with Crippen LogP contribution >= 0.6 is 0 Å². The van der Waals surface area contributed by atoms with Gasteiger partial charge >= 0.3 is 0 Å². The van der Waals surface area contributed by atoms with Gasteiger partial charge in [0.25, 0.3) is 0 Å². The van der Waals surface area contributed by atoms with Crippen LogP contribution in [-0.2, 0) is 0 Å². The zero-order valence-corrected chi connectivity index (χ0v) is 7.99. The molecule has 0 radical (unpaired) electrons. The fourth-order valence-corrected chi connectivity index (χ4v) is 1.50. The number of rotatable bonds is 4. The van der Waals surface area contributed by atoms with Crippen LogP contribution in [0.25, 0.3) is 0 Å². The van der Waals surface area contributed by atoms with E-state index in [9.17, 15) is 0 Å². The van der Waals surface area contributed by atoms with Gasteiger partial charge in [0.1, 0.15) is 0 Å². The molecule has 0 amide bonds. The van der Waals surface area contributed by atoms with E-state index in [1.807, 2.05) is 6.07 Å². The van der Waals surface area contributed by atoms with Gasteiger partial charge < -0.3 is 10.3 Å². The highest BCUT2D eigenvalue weighted by atomic mass is 16.5. The Kier molecular flexibility index (Phi) is 2.36. The summed E-state index contributed by atoms with van der Waals surface area (Å²) >= 11 is 0. The maximum atomic E-state index is 5.91. The topological polar surface area (TPSA) is 52.0 Å². The third-order valence-corrected chi connectivity index (χ3v) is 2.51. The Morgan fingerprint density at radius 3 is 3.08 bits per heavy atom. The van der Waals surface area contributed by atoms with Crippen LogP contribution in [0.4, 0.5) is 0 Å². The first-order chi connectivity index (χ1) is 6.31. The molecule has 1 aromatic heterocycles. The minimum absolute atomic E-state index is 0.0324. The van der Waals surface area contributed by atoms with Gasteiger partial charge in [0.05, 0.1) is 11.7 Å². The highest BCUT2D eigenvalue weighted by Crippen LogP contribution is 2.39. The molecule has 72 valence electrons. The maximum absolute atomic E-state index is 5.91. The molecular weight excluding hydrogens is 164 g/mol. The second-order valence-corrected chi connectivity index (χ2v) is 3.82. The molecule has 0 aromatic carbocycles. The molecule has 2 N–H and O–H groups in total. The Morgan fingerprint density at radius 2 is 2.46 bits per heavy atom. The number of hydrogen-bond acceptors (Lipinski definition) is 3. The van der Waals surface area contributed by atoms with Crippen molar-refractivity contribution >= 4 is 0 Å². The number of hydrogen-bond donors (Lipinski definition) is 1. The summed E-state index contributed by atoms with van der Waals surface area (Å²) in [5.41, 5.74) is 7.00. The Hall–Kier alpha value is -0.830. The number of nitrogens with zero attached hydrogens (tertiary/aromatic N) is 1. The fourth-order valence-electron chi connectivity index (χ4n) is 1.50. The van der Waals surface area contributed by atoms with Crippen molar-refractivity contribution in [3.05, 3.63) is 17.5 Å². The average molecular weight is 180 g/mol. The Morgan fingerprint density at radius 1 is 1.69 bits per heavy atom. The van der Waals surface area contributed by atoms with Crippen LogP contribution in [-0.4, -0.2) is 5.16 Å². The molecule has 1 unspecified atom stereocenters. The molecular formula is C10H16N2O. The van der Waals surface area contributed by atoms with Crippen molar-refractivity contribution in [1.82, 2.24) is 5.16 Å². The summed E-state index contributed by atoms with van der Waals surface area (Å²) in [6.07, 6.45) is 4.57. The SMILES string of the molecule is CCCC(N)c1cc(C2CC2)no1. The van der Waals surface area contributed by atoms with Crippen molar-refractivity contribution in [3.63, 3.8) is 0 Å². The van der Waals surface area contributed by atoms with Gasteiger partial charge in [0.15, 0.2) is 5.76 Å². The molecule has 1 fully saturated rings. The predicted molar refractivity (Wildman–Crippen MR) is 50.3 cm³/mol. The summed E-state index contributed by atoms with van der Waals surface area (Å²) in [5, 5.41) is 4.03. The Balaban J connectivity index is 2.03. The molecule has 0 bridgehead atoms. The maximum Gasteiger partial charge on any atom is 0.153 e. The molecule has 1 aliphatic rings. The minimum atomic E-state index is 0.0324. The smallest absolute Gasteiger partial charge is 0.153 e. The van der Waals surface area contributed by atoms with Gasteiger partial charge in [-0.05, 0) is 19.3 Å². The standard InChI is InChI=1S/C10H16N2O/c1-2-3-8(11)10-6-9(12-13-10)7-4-5-7/h6-8H,2-5,11H2,1H3. The second-order valence-electron chi connectivity index (χ2n) is 3.82. The van der Waals surface area contributed by atoms with Crippen LogP contribution in [0.3, 0.4) is 0 Å². The summed E-state index contributed by atoms with van der Waals surface area (Å²) in [6.45, 7) is 2.12. The predicted octanol–water partition coefficient (Wildman–Crippen LogP) is 2.35.